The highest BCUT2D eigenvalue weighted by Crippen LogP contribution is 2.31. The topological polar surface area (TPSA) is 46.3 Å². The first-order chi connectivity index (χ1) is 8.49. The van der Waals surface area contributed by atoms with Gasteiger partial charge < -0.3 is 10.6 Å². The van der Waals surface area contributed by atoms with E-state index < -0.39 is 0 Å². The third kappa shape index (κ3) is 3.05. The van der Waals surface area contributed by atoms with Crippen LogP contribution in [0.1, 0.15) is 37.0 Å². The summed E-state index contributed by atoms with van der Waals surface area (Å²) in [7, 11) is 0. The summed E-state index contributed by atoms with van der Waals surface area (Å²) in [6, 6.07) is 5.81. The minimum absolute atomic E-state index is 0.0883. The number of halogens is 1. The van der Waals surface area contributed by atoms with E-state index in [-0.39, 0.29) is 5.91 Å². The first-order valence-electron chi connectivity index (χ1n) is 6.35. The molecule has 4 heteroatoms. The molecule has 1 aliphatic rings. The fourth-order valence-electron chi connectivity index (χ4n) is 2.04. The third-order valence-corrected chi connectivity index (χ3v) is 3.72. The number of carbonyl (C=O) groups is 1. The van der Waals surface area contributed by atoms with E-state index in [1.165, 1.54) is 0 Å². The maximum Gasteiger partial charge on any atom is 0.255 e. The van der Waals surface area contributed by atoms with Gasteiger partial charge >= 0.3 is 0 Å². The average Bonchev–Trinajstić information content (AvgIpc) is 3.12. The van der Waals surface area contributed by atoms with Crippen LogP contribution in [0.25, 0.3) is 0 Å². The molecule has 0 bridgehead atoms. The molecular weight excluding hydrogens is 292 g/mol. The Morgan fingerprint density at radius 3 is 2.72 bits per heavy atom. The van der Waals surface area contributed by atoms with Crippen molar-refractivity contribution in [2.75, 3.05) is 12.3 Å². The second kappa shape index (κ2) is 5.31. The second-order valence-electron chi connectivity index (χ2n) is 5.32. The molecule has 3 nitrogen and oxygen atoms in total. The lowest BCUT2D eigenvalue weighted by Gasteiger charge is -2.25. The Labute approximate surface area is 116 Å². The smallest absolute Gasteiger partial charge is 0.255 e. The van der Waals surface area contributed by atoms with Gasteiger partial charge in [-0.15, -0.1) is 0 Å². The fraction of sp³-hybridized carbons (Fsp3) is 0.500. The van der Waals surface area contributed by atoms with Crippen molar-refractivity contribution in [2.45, 2.75) is 32.7 Å². The van der Waals surface area contributed by atoms with E-state index in [9.17, 15) is 4.79 Å². The van der Waals surface area contributed by atoms with E-state index >= 15 is 0 Å². The normalized spacial score (nSPS) is 14.9. The second-order valence-corrected chi connectivity index (χ2v) is 6.18. The number of nitrogens with zero attached hydrogens (tertiary/aromatic N) is 1. The molecule has 1 saturated carbocycles. The molecule has 18 heavy (non-hydrogen) atoms. The lowest BCUT2D eigenvalue weighted by molar-refractivity contribution is 0.0721. The van der Waals surface area contributed by atoms with Gasteiger partial charge in [-0.2, -0.15) is 0 Å². The van der Waals surface area contributed by atoms with Crippen molar-refractivity contribution < 1.29 is 4.79 Å². The van der Waals surface area contributed by atoms with Gasteiger partial charge in [0.05, 0.1) is 5.56 Å². The lowest BCUT2D eigenvalue weighted by atomic mass is 10.1. The number of hydrogen-bond acceptors (Lipinski definition) is 2. The molecule has 1 aliphatic carbocycles. The Hall–Kier alpha value is -1.03. The van der Waals surface area contributed by atoms with Crippen molar-refractivity contribution in [1.29, 1.82) is 0 Å². The Kier molecular flexibility index (Phi) is 3.95. The van der Waals surface area contributed by atoms with E-state index in [1.807, 2.05) is 11.0 Å². The summed E-state index contributed by atoms with van der Waals surface area (Å²) in [6.07, 6.45) is 2.25. The van der Waals surface area contributed by atoms with Crippen molar-refractivity contribution in [2.24, 2.45) is 5.92 Å². The van der Waals surface area contributed by atoms with Crippen LogP contribution in [0.15, 0.2) is 22.7 Å². The molecule has 0 radical (unpaired) electrons. The zero-order chi connectivity index (χ0) is 13.3. The third-order valence-electron chi connectivity index (χ3n) is 3.03. The molecule has 0 saturated heterocycles. The molecule has 0 heterocycles. The monoisotopic (exact) mass is 310 g/mol. The van der Waals surface area contributed by atoms with Crippen LogP contribution in [0.2, 0.25) is 0 Å². The molecule has 1 aromatic carbocycles. The minimum atomic E-state index is 0.0883. The van der Waals surface area contributed by atoms with Gasteiger partial charge in [0.15, 0.2) is 0 Å². The largest absolute Gasteiger partial charge is 0.399 e. The van der Waals surface area contributed by atoms with E-state index in [4.69, 9.17) is 5.73 Å². The fourth-order valence-corrected chi connectivity index (χ4v) is 2.46. The van der Waals surface area contributed by atoms with Crippen molar-refractivity contribution in [1.82, 2.24) is 4.90 Å². The highest BCUT2D eigenvalue weighted by molar-refractivity contribution is 9.10. The SMILES string of the molecule is CC(C)CN(C(=O)c1cc(N)ccc1Br)C1CC1. The predicted molar refractivity (Wildman–Crippen MR) is 77.5 cm³/mol. The molecule has 0 unspecified atom stereocenters. The Morgan fingerprint density at radius 2 is 2.17 bits per heavy atom. The number of amides is 1. The zero-order valence-electron chi connectivity index (χ0n) is 10.8. The number of nitrogen functional groups attached to an aromatic ring is 1. The molecule has 2 N–H and O–H groups in total. The van der Waals surface area contributed by atoms with E-state index in [1.54, 1.807) is 12.1 Å². The number of anilines is 1. The summed E-state index contributed by atoms with van der Waals surface area (Å²) < 4.78 is 0.816. The van der Waals surface area contributed by atoms with Gasteiger partial charge in [-0.05, 0) is 52.9 Å². The van der Waals surface area contributed by atoms with Crippen LogP contribution in [0, 0.1) is 5.92 Å². The van der Waals surface area contributed by atoms with Gasteiger partial charge in [-0.25, -0.2) is 0 Å². The number of carbonyl (C=O) groups excluding carboxylic acids is 1. The Bertz CT molecular complexity index is 455. The number of hydrogen-bond donors (Lipinski definition) is 1. The van der Waals surface area contributed by atoms with E-state index in [2.05, 4.69) is 29.8 Å². The quantitative estimate of drug-likeness (QED) is 0.867. The molecular formula is C14H19BrN2O. The highest BCUT2D eigenvalue weighted by atomic mass is 79.9. The number of benzene rings is 1. The van der Waals surface area contributed by atoms with Crippen molar-refractivity contribution in [3.05, 3.63) is 28.2 Å². The van der Waals surface area contributed by atoms with Crippen LogP contribution in [0.4, 0.5) is 5.69 Å². The lowest BCUT2D eigenvalue weighted by Crippen LogP contribution is -2.36. The maximum atomic E-state index is 12.6. The predicted octanol–water partition coefficient (Wildman–Crippen LogP) is 3.29. The van der Waals surface area contributed by atoms with Crippen LogP contribution in [-0.4, -0.2) is 23.4 Å². The Morgan fingerprint density at radius 1 is 1.50 bits per heavy atom. The summed E-state index contributed by atoms with van der Waals surface area (Å²) in [5.74, 6) is 0.569. The summed E-state index contributed by atoms with van der Waals surface area (Å²) in [5, 5.41) is 0. The Balaban J connectivity index is 2.24. The molecule has 98 valence electrons. The van der Waals surface area contributed by atoms with E-state index in [0.717, 1.165) is 23.9 Å². The molecule has 1 amide bonds. The molecule has 2 rings (SSSR count). The van der Waals surface area contributed by atoms with Gasteiger partial charge in [-0.3, -0.25) is 4.79 Å². The van der Waals surface area contributed by atoms with Gasteiger partial charge in [0.25, 0.3) is 5.91 Å². The van der Waals surface area contributed by atoms with Gasteiger partial charge in [0, 0.05) is 22.7 Å². The summed E-state index contributed by atoms with van der Waals surface area (Å²) in [6.45, 7) is 5.08. The van der Waals surface area contributed by atoms with Gasteiger partial charge in [-0.1, -0.05) is 13.8 Å². The summed E-state index contributed by atoms with van der Waals surface area (Å²) in [5.41, 5.74) is 7.06. The molecule has 0 spiro atoms. The first-order valence-corrected chi connectivity index (χ1v) is 7.14. The van der Waals surface area contributed by atoms with Crippen LogP contribution >= 0.6 is 15.9 Å². The number of rotatable bonds is 4. The summed E-state index contributed by atoms with van der Waals surface area (Å²) in [4.78, 5) is 14.6. The van der Waals surface area contributed by atoms with E-state index in [0.29, 0.717) is 23.2 Å². The van der Waals surface area contributed by atoms with Gasteiger partial charge in [0.2, 0.25) is 0 Å². The zero-order valence-corrected chi connectivity index (χ0v) is 12.4. The average molecular weight is 311 g/mol. The van der Waals surface area contributed by atoms with Crippen molar-refractivity contribution in [3.63, 3.8) is 0 Å². The molecule has 0 aliphatic heterocycles. The standard InChI is InChI=1S/C14H19BrN2O/c1-9(2)8-17(11-4-5-11)14(18)12-7-10(16)3-6-13(12)15/h3,6-7,9,11H,4-5,8,16H2,1-2H3. The molecule has 1 fully saturated rings. The van der Waals surface area contributed by atoms with Crippen molar-refractivity contribution >= 4 is 27.5 Å². The highest BCUT2D eigenvalue weighted by Gasteiger charge is 2.33. The maximum absolute atomic E-state index is 12.6. The molecule has 0 atom stereocenters. The van der Waals surface area contributed by atoms with Crippen LogP contribution in [0.5, 0.6) is 0 Å². The summed E-state index contributed by atoms with van der Waals surface area (Å²) >= 11 is 3.43. The van der Waals surface area contributed by atoms with Crippen LogP contribution in [0.3, 0.4) is 0 Å². The van der Waals surface area contributed by atoms with Crippen LogP contribution < -0.4 is 5.73 Å². The molecule has 1 aromatic rings. The molecule has 0 aromatic heterocycles. The van der Waals surface area contributed by atoms with Crippen molar-refractivity contribution in [3.8, 4) is 0 Å². The number of nitrogens with two attached hydrogens (primary N) is 1. The minimum Gasteiger partial charge on any atom is -0.399 e. The van der Waals surface area contributed by atoms with Gasteiger partial charge in [0.1, 0.15) is 0 Å². The van der Waals surface area contributed by atoms with Crippen LogP contribution in [-0.2, 0) is 0 Å². The first kappa shape index (κ1) is 13.4.